The molecule has 0 aliphatic heterocycles. The number of hydrogen-bond donors (Lipinski definition) is 2. The van der Waals surface area contributed by atoms with Gasteiger partial charge in [-0.05, 0) is 45.0 Å². The van der Waals surface area contributed by atoms with Gasteiger partial charge in [0.15, 0.2) is 5.16 Å². The van der Waals surface area contributed by atoms with E-state index in [-0.39, 0.29) is 29.9 Å². The van der Waals surface area contributed by atoms with Crippen molar-refractivity contribution in [3.05, 3.63) is 36.4 Å². The van der Waals surface area contributed by atoms with Crippen molar-refractivity contribution in [1.29, 1.82) is 0 Å². The van der Waals surface area contributed by atoms with Crippen molar-refractivity contribution in [1.82, 2.24) is 20.1 Å². The molecule has 0 saturated carbocycles. The zero-order chi connectivity index (χ0) is 18.4. The molecule has 2 amide bonds. The van der Waals surface area contributed by atoms with Crippen LogP contribution in [0.4, 0.5) is 10.1 Å². The van der Waals surface area contributed by atoms with Crippen LogP contribution in [0.2, 0.25) is 0 Å². The van der Waals surface area contributed by atoms with Crippen molar-refractivity contribution < 1.29 is 14.0 Å². The summed E-state index contributed by atoms with van der Waals surface area (Å²) in [5.41, 5.74) is -0.0529. The standard InChI is InChI=1S/C16H20FN5O2S/c1-16(2,3)22(14(24)9-25-15-18-10-19-21-15)8-13(23)20-12-6-4-11(17)5-7-12/h4-7,10H,8-9H2,1-3H3,(H,20,23)(H,18,19,21). The highest BCUT2D eigenvalue weighted by Crippen LogP contribution is 2.18. The quantitative estimate of drug-likeness (QED) is 0.767. The number of carbonyl (C=O) groups excluding carboxylic acids is 2. The van der Waals surface area contributed by atoms with Crippen molar-refractivity contribution in [3.63, 3.8) is 0 Å². The third-order valence-corrected chi connectivity index (χ3v) is 4.13. The molecule has 0 unspecified atom stereocenters. The molecule has 1 heterocycles. The summed E-state index contributed by atoms with van der Waals surface area (Å²) >= 11 is 1.22. The van der Waals surface area contributed by atoms with Crippen LogP contribution in [-0.2, 0) is 9.59 Å². The SMILES string of the molecule is CC(C)(C)N(CC(=O)Nc1ccc(F)cc1)C(=O)CSc1ncn[nH]1. The van der Waals surface area contributed by atoms with E-state index in [0.29, 0.717) is 10.8 Å². The van der Waals surface area contributed by atoms with Crippen LogP contribution in [0.15, 0.2) is 35.7 Å². The first-order valence-electron chi connectivity index (χ1n) is 7.60. The number of benzene rings is 1. The number of halogens is 1. The van der Waals surface area contributed by atoms with Gasteiger partial charge < -0.3 is 10.2 Å². The Morgan fingerprint density at radius 2 is 1.96 bits per heavy atom. The van der Waals surface area contributed by atoms with E-state index in [1.165, 1.54) is 47.3 Å². The lowest BCUT2D eigenvalue weighted by Gasteiger charge is -2.35. The predicted molar refractivity (Wildman–Crippen MR) is 93.6 cm³/mol. The summed E-state index contributed by atoms with van der Waals surface area (Å²) in [6.07, 6.45) is 1.37. The molecule has 1 aromatic carbocycles. The zero-order valence-corrected chi connectivity index (χ0v) is 15.1. The molecule has 7 nitrogen and oxygen atoms in total. The van der Waals surface area contributed by atoms with Gasteiger partial charge in [0.2, 0.25) is 11.8 Å². The normalized spacial score (nSPS) is 11.2. The Balaban J connectivity index is 1.97. The molecule has 0 aliphatic rings. The number of aromatic amines is 1. The number of carbonyl (C=O) groups is 2. The van der Waals surface area contributed by atoms with E-state index in [9.17, 15) is 14.0 Å². The molecule has 1 aromatic heterocycles. The fourth-order valence-electron chi connectivity index (χ4n) is 2.05. The van der Waals surface area contributed by atoms with Crippen molar-refractivity contribution in [2.24, 2.45) is 0 Å². The topological polar surface area (TPSA) is 91.0 Å². The number of rotatable bonds is 6. The van der Waals surface area contributed by atoms with E-state index in [0.717, 1.165) is 0 Å². The molecule has 0 bridgehead atoms. The molecule has 0 spiro atoms. The van der Waals surface area contributed by atoms with E-state index >= 15 is 0 Å². The first kappa shape index (κ1) is 18.9. The third kappa shape index (κ3) is 5.86. The Labute approximate surface area is 149 Å². The zero-order valence-electron chi connectivity index (χ0n) is 14.2. The Morgan fingerprint density at radius 1 is 1.28 bits per heavy atom. The highest BCUT2D eigenvalue weighted by molar-refractivity contribution is 7.99. The van der Waals surface area contributed by atoms with E-state index in [2.05, 4.69) is 20.5 Å². The number of hydrogen-bond acceptors (Lipinski definition) is 5. The van der Waals surface area contributed by atoms with Gasteiger partial charge in [-0.2, -0.15) is 5.10 Å². The predicted octanol–water partition coefficient (Wildman–Crippen LogP) is 2.30. The van der Waals surface area contributed by atoms with Crippen LogP contribution in [0.5, 0.6) is 0 Å². The molecule has 25 heavy (non-hydrogen) atoms. The summed E-state index contributed by atoms with van der Waals surface area (Å²) in [4.78, 5) is 30.2. The number of anilines is 1. The number of nitrogens with zero attached hydrogens (tertiary/aromatic N) is 3. The smallest absolute Gasteiger partial charge is 0.244 e. The molecular weight excluding hydrogens is 345 g/mol. The molecule has 0 saturated heterocycles. The Hall–Kier alpha value is -2.42. The van der Waals surface area contributed by atoms with Crippen molar-refractivity contribution in [2.45, 2.75) is 31.5 Å². The van der Waals surface area contributed by atoms with Crippen LogP contribution >= 0.6 is 11.8 Å². The largest absolute Gasteiger partial charge is 0.328 e. The van der Waals surface area contributed by atoms with Gasteiger partial charge in [0, 0.05) is 11.2 Å². The summed E-state index contributed by atoms with van der Waals surface area (Å²) in [5, 5.41) is 9.59. The fraction of sp³-hybridized carbons (Fsp3) is 0.375. The van der Waals surface area contributed by atoms with E-state index in [4.69, 9.17) is 0 Å². The third-order valence-electron chi connectivity index (χ3n) is 3.27. The second-order valence-electron chi connectivity index (χ2n) is 6.29. The van der Waals surface area contributed by atoms with Crippen LogP contribution in [0.25, 0.3) is 0 Å². The van der Waals surface area contributed by atoms with Crippen molar-refractivity contribution in [3.8, 4) is 0 Å². The molecule has 2 N–H and O–H groups in total. The van der Waals surface area contributed by atoms with Crippen LogP contribution in [0.3, 0.4) is 0 Å². The Bertz CT molecular complexity index is 713. The molecule has 9 heteroatoms. The maximum absolute atomic E-state index is 12.9. The summed E-state index contributed by atoms with van der Waals surface area (Å²) < 4.78 is 12.9. The minimum absolute atomic E-state index is 0.101. The maximum Gasteiger partial charge on any atom is 0.244 e. The minimum atomic E-state index is -0.529. The monoisotopic (exact) mass is 365 g/mol. The van der Waals surface area contributed by atoms with Crippen molar-refractivity contribution in [2.75, 3.05) is 17.6 Å². The Kier molecular flexibility index (Phi) is 6.13. The van der Waals surface area contributed by atoms with Crippen LogP contribution < -0.4 is 5.32 Å². The number of thioether (sulfide) groups is 1. The van der Waals surface area contributed by atoms with Gasteiger partial charge >= 0.3 is 0 Å². The van der Waals surface area contributed by atoms with Gasteiger partial charge in [-0.25, -0.2) is 9.37 Å². The van der Waals surface area contributed by atoms with E-state index in [1.807, 2.05) is 20.8 Å². The van der Waals surface area contributed by atoms with E-state index in [1.54, 1.807) is 0 Å². The number of aromatic nitrogens is 3. The van der Waals surface area contributed by atoms with Crippen LogP contribution in [-0.4, -0.2) is 49.7 Å². The average molecular weight is 365 g/mol. The molecule has 134 valence electrons. The van der Waals surface area contributed by atoms with Gasteiger partial charge in [0.25, 0.3) is 0 Å². The first-order valence-corrected chi connectivity index (χ1v) is 8.58. The van der Waals surface area contributed by atoms with Gasteiger partial charge in [0.05, 0.1) is 5.75 Å². The molecule has 0 fully saturated rings. The lowest BCUT2D eigenvalue weighted by Crippen LogP contribution is -2.50. The van der Waals surface area contributed by atoms with Gasteiger partial charge in [-0.1, -0.05) is 11.8 Å². The minimum Gasteiger partial charge on any atom is -0.328 e. The molecule has 2 aromatic rings. The summed E-state index contributed by atoms with van der Waals surface area (Å²) in [7, 11) is 0. The van der Waals surface area contributed by atoms with Gasteiger partial charge in [-0.15, -0.1) is 0 Å². The van der Waals surface area contributed by atoms with Crippen molar-refractivity contribution >= 4 is 29.3 Å². The maximum atomic E-state index is 12.9. The lowest BCUT2D eigenvalue weighted by molar-refractivity contribution is -0.137. The second kappa shape index (κ2) is 8.11. The first-order chi connectivity index (χ1) is 11.8. The van der Waals surface area contributed by atoms with Gasteiger partial charge in [-0.3, -0.25) is 14.7 Å². The molecular formula is C16H20FN5O2S. The highest BCUT2D eigenvalue weighted by Gasteiger charge is 2.28. The number of H-pyrrole nitrogens is 1. The molecule has 0 aliphatic carbocycles. The summed E-state index contributed by atoms with van der Waals surface area (Å²) in [6.45, 7) is 5.47. The highest BCUT2D eigenvalue weighted by atomic mass is 32.2. The van der Waals surface area contributed by atoms with E-state index < -0.39 is 5.54 Å². The van der Waals surface area contributed by atoms with Crippen LogP contribution in [0, 0.1) is 5.82 Å². The second-order valence-corrected chi connectivity index (χ2v) is 7.25. The molecule has 0 atom stereocenters. The number of nitrogens with one attached hydrogen (secondary N) is 2. The van der Waals surface area contributed by atoms with Crippen LogP contribution in [0.1, 0.15) is 20.8 Å². The fourth-order valence-corrected chi connectivity index (χ4v) is 2.70. The van der Waals surface area contributed by atoms with Gasteiger partial charge in [0.1, 0.15) is 18.7 Å². The average Bonchev–Trinajstić information content (AvgIpc) is 3.05. The number of amides is 2. The summed E-state index contributed by atoms with van der Waals surface area (Å²) in [5.74, 6) is -0.785. The molecule has 2 rings (SSSR count). The Morgan fingerprint density at radius 3 is 2.52 bits per heavy atom. The molecule has 0 radical (unpaired) electrons. The lowest BCUT2D eigenvalue weighted by atomic mass is 10.1. The summed E-state index contributed by atoms with van der Waals surface area (Å²) in [6, 6.07) is 5.46.